The Kier molecular flexibility index (Phi) is 3.67. The molecular weight excluding hydrogens is 320 g/mol. The lowest BCUT2D eigenvalue weighted by Crippen LogP contribution is -2.00. The summed E-state index contributed by atoms with van der Waals surface area (Å²) in [5, 5.41) is 5.03. The van der Waals surface area contributed by atoms with Gasteiger partial charge in [-0.1, -0.05) is 29.8 Å². The minimum atomic E-state index is 0.547. The summed E-state index contributed by atoms with van der Waals surface area (Å²) in [6, 6.07) is 15.7. The van der Waals surface area contributed by atoms with E-state index in [2.05, 4.69) is 33.5 Å². The number of aromatic nitrogens is 3. The van der Waals surface area contributed by atoms with E-state index in [9.17, 15) is 0 Å². The Bertz CT molecular complexity index is 1020. The zero-order valence-corrected chi connectivity index (χ0v) is 13.8. The summed E-state index contributed by atoms with van der Waals surface area (Å²) < 4.78 is 0. The van der Waals surface area contributed by atoms with Gasteiger partial charge in [0.25, 0.3) is 0 Å². The molecule has 2 heterocycles. The maximum absolute atomic E-state index is 6.03. The highest BCUT2D eigenvalue weighted by Crippen LogP contribution is 2.30. The number of halogens is 1. The number of fused-ring (bicyclic) bond motifs is 1. The van der Waals surface area contributed by atoms with Gasteiger partial charge < -0.3 is 10.3 Å². The van der Waals surface area contributed by atoms with Crippen molar-refractivity contribution in [1.29, 1.82) is 0 Å². The lowest BCUT2D eigenvalue weighted by Gasteiger charge is -2.10. The molecule has 0 saturated carbocycles. The lowest BCUT2D eigenvalue weighted by molar-refractivity contribution is 1.14. The summed E-state index contributed by atoms with van der Waals surface area (Å²) in [5.41, 5.74) is 4.98. The number of H-pyrrole nitrogens is 1. The van der Waals surface area contributed by atoms with Gasteiger partial charge in [0.1, 0.15) is 0 Å². The first-order valence-corrected chi connectivity index (χ1v) is 8.01. The predicted octanol–water partition coefficient (Wildman–Crippen LogP) is 5.33. The third-order valence-corrected chi connectivity index (χ3v) is 4.14. The van der Waals surface area contributed by atoms with Crippen molar-refractivity contribution in [3.63, 3.8) is 0 Å². The number of nitrogens with one attached hydrogen (secondary N) is 2. The monoisotopic (exact) mass is 334 g/mol. The van der Waals surface area contributed by atoms with E-state index in [1.165, 1.54) is 0 Å². The molecule has 0 aliphatic heterocycles. The van der Waals surface area contributed by atoms with Crippen LogP contribution in [0.5, 0.6) is 0 Å². The van der Waals surface area contributed by atoms with Gasteiger partial charge in [-0.2, -0.15) is 0 Å². The molecule has 0 atom stereocenters. The largest absolute Gasteiger partial charge is 0.361 e. The molecule has 4 aromatic rings. The fourth-order valence-electron chi connectivity index (χ4n) is 2.76. The van der Waals surface area contributed by atoms with Gasteiger partial charge >= 0.3 is 0 Å². The maximum atomic E-state index is 6.03. The Morgan fingerprint density at radius 1 is 1.08 bits per heavy atom. The first kappa shape index (κ1) is 14.7. The van der Waals surface area contributed by atoms with Crippen molar-refractivity contribution in [1.82, 2.24) is 15.0 Å². The van der Waals surface area contributed by atoms with Crippen LogP contribution in [0.25, 0.3) is 22.2 Å². The molecule has 5 heteroatoms. The highest BCUT2D eigenvalue weighted by Gasteiger charge is 2.10. The molecule has 2 N–H and O–H groups in total. The summed E-state index contributed by atoms with van der Waals surface area (Å²) in [6.45, 7) is 2.02. The van der Waals surface area contributed by atoms with E-state index < -0.39 is 0 Å². The second-order valence-corrected chi connectivity index (χ2v) is 6.04. The number of rotatable bonds is 3. The van der Waals surface area contributed by atoms with Crippen LogP contribution in [-0.2, 0) is 0 Å². The number of aromatic amines is 1. The topological polar surface area (TPSA) is 53.6 Å². The van der Waals surface area contributed by atoms with Crippen molar-refractivity contribution in [3.05, 3.63) is 71.5 Å². The van der Waals surface area contributed by atoms with Crippen LogP contribution in [0.2, 0.25) is 5.02 Å². The molecule has 0 bridgehead atoms. The highest BCUT2D eigenvalue weighted by atomic mass is 35.5. The van der Waals surface area contributed by atoms with Crippen LogP contribution in [-0.4, -0.2) is 15.0 Å². The molecule has 118 valence electrons. The summed E-state index contributed by atoms with van der Waals surface area (Å²) in [6.07, 6.45) is 3.77. The summed E-state index contributed by atoms with van der Waals surface area (Å²) in [7, 11) is 0. The third-order valence-electron chi connectivity index (χ3n) is 3.90. The summed E-state index contributed by atoms with van der Waals surface area (Å²) in [5.74, 6) is 0.547. The molecule has 4 rings (SSSR count). The maximum Gasteiger partial charge on any atom is 0.227 e. The number of benzene rings is 2. The van der Waals surface area contributed by atoms with E-state index in [4.69, 9.17) is 16.6 Å². The van der Waals surface area contributed by atoms with Gasteiger partial charge in [-0.05, 0) is 42.8 Å². The van der Waals surface area contributed by atoms with Crippen LogP contribution in [0.15, 0.2) is 60.9 Å². The Morgan fingerprint density at radius 3 is 2.83 bits per heavy atom. The van der Waals surface area contributed by atoms with Gasteiger partial charge in [0, 0.05) is 39.6 Å². The van der Waals surface area contributed by atoms with Gasteiger partial charge in [-0.15, -0.1) is 0 Å². The van der Waals surface area contributed by atoms with E-state index >= 15 is 0 Å². The number of hydrogen-bond acceptors (Lipinski definition) is 3. The van der Waals surface area contributed by atoms with Crippen molar-refractivity contribution >= 4 is 34.1 Å². The van der Waals surface area contributed by atoms with Crippen LogP contribution >= 0.6 is 11.6 Å². The number of nitrogens with zero attached hydrogens (tertiary/aromatic N) is 2. The fourth-order valence-corrected chi connectivity index (χ4v) is 2.95. The van der Waals surface area contributed by atoms with Crippen LogP contribution in [0.4, 0.5) is 11.6 Å². The predicted molar refractivity (Wildman–Crippen MR) is 98.8 cm³/mol. The van der Waals surface area contributed by atoms with Crippen LogP contribution in [0, 0.1) is 6.92 Å². The third kappa shape index (κ3) is 2.72. The first-order valence-electron chi connectivity index (χ1n) is 7.63. The molecule has 2 aromatic heterocycles. The smallest absolute Gasteiger partial charge is 0.227 e. The molecule has 0 spiro atoms. The standard InChI is InChI=1S/C19H15ClN4/c1-12-11-22-19(23-14-5-2-4-13(20)10-14)24-18(12)16-6-3-7-17-15(16)8-9-21-17/h2-11,21H,1H3,(H,22,23,24). The lowest BCUT2D eigenvalue weighted by atomic mass is 10.0. The van der Waals surface area contributed by atoms with Crippen LogP contribution < -0.4 is 5.32 Å². The minimum Gasteiger partial charge on any atom is -0.361 e. The molecule has 24 heavy (non-hydrogen) atoms. The zero-order chi connectivity index (χ0) is 16.5. The normalized spacial score (nSPS) is 10.9. The Morgan fingerprint density at radius 2 is 1.96 bits per heavy atom. The molecular formula is C19H15ClN4. The molecule has 0 unspecified atom stereocenters. The van der Waals surface area contributed by atoms with Crippen molar-refractivity contribution < 1.29 is 0 Å². The molecule has 0 aliphatic rings. The van der Waals surface area contributed by atoms with Gasteiger partial charge in [-0.3, -0.25) is 0 Å². The van der Waals surface area contributed by atoms with E-state index in [-0.39, 0.29) is 0 Å². The molecule has 0 radical (unpaired) electrons. The highest BCUT2D eigenvalue weighted by molar-refractivity contribution is 6.30. The Labute approximate surface area is 144 Å². The first-order chi connectivity index (χ1) is 11.7. The zero-order valence-electron chi connectivity index (χ0n) is 13.0. The second-order valence-electron chi connectivity index (χ2n) is 5.61. The molecule has 0 saturated heterocycles. The van der Waals surface area contributed by atoms with Gasteiger partial charge in [0.2, 0.25) is 5.95 Å². The molecule has 4 nitrogen and oxygen atoms in total. The van der Waals surface area contributed by atoms with E-state index in [0.29, 0.717) is 11.0 Å². The van der Waals surface area contributed by atoms with Crippen molar-refractivity contribution in [2.45, 2.75) is 6.92 Å². The second kappa shape index (κ2) is 5.98. The Hall–Kier alpha value is -2.85. The van der Waals surface area contributed by atoms with Crippen molar-refractivity contribution in [3.8, 4) is 11.3 Å². The van der Waals surface area contributed by atoms with Crippen LogP contribution in [0.1, 0.15) is 5.56 Å². The quantitative estimate of drug-likeness (QED) is 0.532. The van der Waals surface area contributed by atoms with Gasteiger partial charge in [0.15, 0.2) is 0 Å². The van der Waals surface area contributed by atoms with Crippen LogP contribution in [0.3, 0.4) is 0 Å². The average molecular weight is 335 g/mol. The summed E-state index contributed by atoms with van der Waals surface area (Å²) in [4.78, 5) is 12.3. The summed E-state index contributed by atoms with van der Waals surface area (Å²) >= 11 is 6.03. The van der Waals surface area contributed by atoms with Crippen molar-refractivity contribution in [2.75, 3.05) is 5.32 Å². The molecule has 0 aliphatic carbocycles. The van der Waals surface area contributed by atoms with Crippen molar-refractivity contribution in [2.24, 2.45) is 0 Å². The molecule has 2 aromatic carbocycles. The van der Waals surface area contributed by atoms with E-state index in [1.807, 2.05) is 49.6 Å². The Balaban J connectivity index is 1.78. The number of aryl methyl sites for hydroxylation is 1. The van der Waals surface area contributed by atoms with Gasteiger partial charge in [-0.25, -0.2) is 9.97 Å². The van der Waals surface area contributed by atoms with E-state index in [0.717, 1.165) is 33.4 Å². The van der Waals surface area contributed by atoms with E-state index in [1.54, 1.807) is 0 Å². The van der Waals surface area contributed by atoms with Gasteiger partial charge in [0.05, 0.1) is 5.69 Å². The number of hydrogen-bond donors (Lipinski definition) is 2. The molecule has 0 amide bonds. The SMILES string of the molecule is Cc1cnc(Nc2cccc(Cl)c2)nc1-c1cccc2[nH]ccc12. The average Bonchev–Trinajstić information content (AvgIpc) is 3.05. The fraction of sp³-hybridized carbons (Fsp3) is 0.0526. The minimum absolute atomic E-state index is 0.547. The number of anilines is 2. The molecule has 0 fully saturated rings.